The van der Waals surface area contributed by atoms with Crippen LogP contribution in [0.3, 0.4) is 0 Å². The van der Waals surface area contributed by atoms with E-state index in [2.05, 4.69) is 16.7 Å². The van der Waals surface area contributed by atoms with Gasteiger partial charge < -0.3 is 10.6 Å². The minimum absolute atomic E-state index is 0.0628. The van der Waals surface area contributed by atoms with E-state index in [1.54, 1.807) is 0 Å². The number of nitrogens with one attached hydrogen (secondary N) is 2. The first kappa shape index (κ1) is 11.0. The Morgan fingerprint density at radius 1 is 1.38 bits per heavy atom. The lowest BCUT2D eigenvalue weighted by Crippen LogP contribution is -2.28. The Morgan fingerprint density at radius 2 is 2.12 bits per heavy atom. The summed E-state index contributed by atoms with van der Waals surface area (Å²) in [6.07, 6.45) is 0.982. The van der Waals surface area contributed by atoms with Crippen molar-refractivity contribution in [1.29, 1.82) is 0 Å². The highest BCUT2D eigenvalue weighted by atomic mass is 16.2. The van der Waals surface area contributed by atoms with Gasteiger partial charge in [-0.25, -0.2) is 0 Å². The van der Waals surface area contributed by atoms with E-state index in [0.717, 1.165) is 24.3 Å². The third kappa shape index (κ3) is 2.03. The first-order valence-electron chi connectivity index (χ1n) is 5.66. The lowest BCUT2D eigenvalue weighted by molar-refractivity contribution is -0.123. The highest BCUT2D eigenvalue weighted by molar-refractivity contribution is 5.96. The van der Waals surface area contributed by atoms with Crippen LogP contribution in [-0.4, -0.2) is 12.5 Å². The zero-order valence-electron chi connectivity index (χ0n) is 10.1. The molecule has 0 aliphatic carbocycles. The number of amides is 1. The molecule has 0 bridgehead atoms. The molecule has 1 amide bonds. The van der Waals surface area contributed by atoms with Crippen LogP contribution in [0.1, 0.15) is 26.3 Å². The highest BCUT2D eigenvalue weighted by Crippen LogP contribution is 2.30. The molecule has 0 unspecified atom stereocenters. The van der Waals surface area contributed by atoms with Gasteiger partial charge in [0.05, 0.1) is 0 Å². The standard InChI is InChI=1S/C13H18N2O/c1-13(2,3)12(16)15-11-6-4-5-10-9(11)7-8-14-10/h4-6,14H,7-8H2,1-3H3,(H,15,16). The summed E-state index contributed by atoms with van der Waals surface area (Å²) >= 11 is 0. The molecule has 0 fully saturated rings. The molecule has 1 aromatic carbocycles. The molecule has 1 aliphatic heterocycles. The van der Waals surface area contributed by atoms with Crippen molar-refractivity contribution in [3.05, 3.63) is 23.8 Å². The second-order valence-electron chi connectivity index (χ2n) is 5.21. The molecule has 86 valence electrons. The number of anilines is 2. The van der Waals surface area contributed by atoms with Crippen LogP contribution < -0.4 is 10.6 Å². The molecule has 1 aromatic rings. The average molecular weight is 218 g/mol. The smallest absolute Gasteiger partial charge is 0.229 e. The quantitative estimate of drug-likeness (QED) is 0.760. The van der Waals surface area contributed by atoms with Gasteiger partial charge in [0.25, 0.3) is 0 Å². The molecule has 0 aromatic heterocycles. The monoisotopic (exact) mass is 218 g/mol. The number of hydrogen-bond donors (Lipinski definition) is 2. The summed E-state index contributed by atoms with van der Waals surface area (Å²) in [4.78, 5) is 11.9. The van der Waals surface area contributed by atoms with Crippen LogP contribution in [0.4, 0.5) is 11.4 Å². The third-order valence-electron chi connectivity index (χ3n) is 2.80. The molecule has 16 heavy (non-hydrogen) atoms. The van der Waals surface area contributed by atoms with Gasteiger partial charge in [-0.2, -0.15) is 0 Å². The first-order valence-corrected chi connectivity index (χ1v) is 5.66. The summed E-state index contributed by atoms with van der Waals surface area (Å²) in [5, 5.41) is 6.30. The maximum Gasteiger partial charge on any atom is 0.229 e. The van der Waals surface area contributed by atoms with Gasteiger partial charge in [-0.15, -0.1) is 0 Å². The Morgan fingerprint density at radius 3 is 2.81 bits per heavy atom. The van der Waals surface area contributed by atoms with Gasteiger partial charge in [0.1, 0.15) is 0 Å². The summed E-state index contributed by atoms with van der Waals surface area (Å²) in [5.74, 6) is 0.0628. The van der Waals surface area contributed by atoms with Gasteiger partial charge in [0.2, 0.25) is 5.91 Å². The van der Waals surface area contributed by atoms with Crippen LogP contribution in [0.15, 0.2) is 18.2 Å². The third-order valence-corrected chi connectivity index (χ3v) is 2.80. The van der Waals surface area contributed by atoms with E-state index in [4.69, 9.17) is 0 Å². The highest BCUT2D eigenvalue weighted by Gasteiger charge is 2.23. The van der Waals surface area contributed by atoms with Crippen LogP contribution in [0.25, 0.3) is 0 Å². The molecule has 1 heterocycles. The molecule has 3 heteroatoms. The zero-order chi connectivity index (χ0) is 11.8. The zero-order valence-corrected chi connectivity index (χ0v) is 10.1. The van der Waals surface area contributed by atoms with Crippen molar-refractivity contribution in [2.75, 3.05) is 17.2 Å². The van der Waals surface area contributed by atoms with E-state index in [1.807, 2.05) is 32.9 Å². The van der Waals surface area contributed by atoms with Gasteiger partial charge >= 0.3 is 0 Å². The number of hydrogen-bond acceptors (Lipinski definition) is 2. The molecule has 0 saturated carbocycles. The average Bonchev–Trinajstić information content (AvgIpc) is 2.65. The van der Waals surface area contributed by atoms with Gasteiger partial charge in [-0.3, -0.25) is 4.79 Å². The van der Waals surface area contributed by atoms with Crippen molar-refractivity contribution in [2.45, 2.75) is 27.2 Å². The fraction of sp³-hybridized carbons (Fsp3) is 0.462. The van der Waals surface area contributed by atoms with E-state index >= 15 is 0 Å². The predicted molar refractivity (Wildman–Crippen MR) is 66.7 cm³/mol. The Bertz CT molecular complexity index is 418. The molecule has 2 N–H and O–H groups in total. The molecule has 0 saturated heterocycles. The lowest BCUT2D eigenvalue weighted by atomic mass is 9.95. The number of fused-ring (bicyclic) bond motifs is 1. The summed E-state index contributed by atoms with van der Waals surface area (Å²) in [6, 6.07) is 5.99. The number of carbonyl (C=O) groups is 1. The summed E-state index contributed by atoms with van der Waals surface area (Å²) in [5.41, 5.74) is 2.96. The second-order valence-corrected chi connectivity index (χ2v) is 5.21. The Kier molecular flexibility index (Phi) is 2.62. The minimum atomic E-state index is -0.352. The first-order chi connectivity index (χ1) is 7.48. The molecular formula is C13H18N2O. The molecule has 3 nitrogen and oxygen atoms in total. The van der Waals surface area contributed by atoms with Crippen molar-refractivity contribution in [3.63, 3.8) is 0 Å². The van der Waals surface area contributed by atoms with Crippen molar-refractivity contribution in [2.24, 2.45) is 5.41 Å². The maximum absolute atomic E-state index is 11.9. The second kappa shape index (κ2) is 3.81. The Hall–Kier alpha value is -1.51. The molecular weight excluding hydrogens is 200 g/mol. The summed E-state index contributed by atoms with van der Waals surface area (Å²) in [6.45, 7) is 6.72. The van der Waals surface area contributed by atoms with E-state index in [-0.39, 0.29) is 11.3 Å². The van der Waals surface area contributed by atoms with Crippen molar-refractivity contribution in [1.82, 2.24) is 0 Å². The van der Waals surface area contributed by atoms with E-state index in [9.17, 15) is 4.79 Å². The Balaban J connectivity index is 2.23. The molecule has 0 atom stereocenters. The van der Waals surface area contributed by atoms with Crippen LogP contribution in [0.5, 0.6) is 0 Å². The van der Waals surface area contributed by atoms with Crippen LogP contribution >= 0.6 is 0 Å². The van der Waals surface area contributed by atoms with Crippen molar-refractivity contribution >= 4 is 17.3 Å². The molecule has 0 spiro atoms. The number of carbonyl (C=O) groups excluding carboxylic acids is 1. The normalized spacial score (nSPS) is 14.2. The van der Waals surface area contributed by atoms with E-state index < -0.39 is 0 Å². The summed E-state index contributed by atoms with van der Waals surface area (Å²) < 4.78 is 0. The topological polar surface area (TPSA) is 41.1 Å². The van der Waals surface area contributed by atoms with E-state index in [0.29, 0.717) is 0 Å². The molecule has 0 radical (unpaired) electrons. The van der Waals surface area contributed by atoms with Crippen LogP contribution in [-0.2, 0) is 11.2 Å². The van der Waals surface area contributed by atoms with E-state index in [1.165, 1.54) is 5.56 Å². The number of rotatable bonds is 1. The Labute approximate surface area is 96.2 Å². The van der Waals surface area contributed by atoms with Gasteiger partial charge in [0, 0.05) is 28.9 Å². The molecule has 1 aliphatic rings. The largest absolute Gasteiger partial charge is 0.384 e. The minimum Gasteiger partial charge on any atom is -0.384 e. The van der Waals surface area contributed by atoms with Gasteiger partial charge in [0.15, 0.2) is 0 Å². The maximum atomic E-state index is 11.9. The van der Waals surface area contributed by atoms with Crippen molar-refractivity contribution < 1.29 is 4.79 Å². The summed E-state index contributed by atoms with van der Waals surface area (Å²) in [7, 11) is 0. The van der Waals surface area contributed by atoms with Crippen LogP contribution in [0.2, 0.25) is 0 Å². The lowest BCUT2D eigenvalue weighted by Gasteiger charge is -2.19. The fourth-order valence-corrected chi connectivity index (χ4v) is 1.77. The fourth-order valence-electron chi connectivity index (χ4n) is 1.77. The van der Waals surface area contributed by atoms with Crippen LogP contribution in [0, 0.1) is 5.41 Å². The molecule has 2 rings (SSSR count). The predicted octanol–water partition coefficient (Wildman–Crippen LogP) is 2.64. The van der Waals surface area contributed by atoms with Gasteiger partial charge in [-0.05, 0) is 18.6 Å². The number of benzene rings is 1. The van der Waals surface area contributed by atoms with Gasteiger partial charge in [-0.1, -0.05) is 26.8 Å². The van der Waals surface area contributed by atoms with Crippen molar-refractivity contribution in [3.8, 4) is 0 Å². The SMILES string of the molecule is CC(C)(C)C(=O)Nc1cccc2c1CCN2.